The third-order valence-corrected chi connectivity index (χ3v) is 8.80. The number of ether oxygens (including phenoxy) is 3. The molecule has 2 unspecified atom stereocenters. The first-order chi connectivity index (χ1) is 20.3. The maximum absolute atomic E-state index is 14.2. The van der Waals surface area contributed by atoms with Crippen LogP contribution in [0.5, 0.6) is 5.75 Å². The van der Waals surface area contributed by atoms with Crippen molar-refractivity contribution in [2.24, 2.45) is 5.92 Å². The average Bonchev–Trinajstić information content (AvgIpc) is 2.96. The zero-order valence-electron chi connectivity index (χ0n) is 27.3. The van der Waals surface area contributed by atoms with Gasteiger partial charge in [-0.2, -0.15) is 0 Å². The van der Waals surface area contributed by atoms with E-state index >= 15 is 0 Å². The fraction of sp³-hybridized carbons (Fsp3) is 0.514. The molecule has 0 heterocycles. The van der Waals surface area contributed by atoms with Gasteiger partial charge in [0, 0.05) is 18.6 Å². The molecule has 2 rings (SSSR count). The number of methoxy groups -OCH3 is 1. The highest BCUT2D eigenvalue weighted by Crippen LogP contribution is 2.30. The zero-order valence-corrected chi connectivity index (χ0v) is 28.2. The van der Waals surface area contributed by atoms with Crippen molar-refractivity contribution in [3.05, 3.63) is 81.9 Å². The number of allylic oxidation sites excluding steroid dienone is 3. The smallest absolute Gasteiger partial charge is 0.310 e. The topological polar surface area (TPSA) is 73.9 Å². The molecule has 0 spiro atoms. The highest BCUT2D eigenvalue weighted by atomic mass is 32.2. The Labute approximate surface area is 260 Å². The van der Waals surface area contributed by atoms with Gasteiger partial charge in [-0.25, -0.2) is 13.3 Å². The summed E-state index contributed by atoms with van der Waals surface area (Å²) < 4.78 is 46.5. The minimum absolute atomic E-state index is 0.0422. The molecule has 43 heavy (non-hydrogen) atoms. The lowest BCUT2D eigenvalue weighted by atomic mass is 9.91. The molecular formula is C35H50FNO5S. The summed E-state index contributed by atoms with van der Waals surface area (Å²) in [7, 11) is 0.260. The van der Waals surface area contributed by atoms with Gasteiger partial charge in [0.1, 0.15) is 19.0 Å². The van der Waals surface area contributed by atoms with Crippen molar-refractivity contribution in [2.75, 3.05) is 33.6 Å². The van der Waals surface area contributed by atoms with E-state index in [-0.39, 0.29) is 18.3 Å². The second kappa shape index (κ2) is 17.5. The Balaban J connectivity index is 2.51. The highest BCUT2D eigenvalue weighted by molar-refractivity contribution is 7.84. The maximum atomic E-state index is 14.2. The van der Waals surface area contributed by atoms with Crippen molar-refractivity contribution in [1.82, 2.24) is 4.72 Å². The molecule has 2 aromatic carbocycles. The van der Waals surface area contributed by atoms with Gasteiger partial charge >= 0.3 is 5.97 Å². The van der Waals surface area contributed by atoms with Crippen molar-refractivity contribution in [1.29, 1.82) is 0 Å². The largest absolute Gasteiger partial charge is 0.489 e. The van der Waals surface area contributed by atoms with E-state index in [1.165, 1.54) is 5.57 Å². The fourth-order valence-electron chi connectivity index (χ4n) is 4.40. The van der Waals surface area contributed by atoms with E-state index in [0.29, 0.717) is 25.6 Å². The van der Waals surface area contributed by atoms with Crippen LogP contribution in [-0.4, -0.2) is 48.5 Å². The summed E-state index contributed by atoms with van der Waals surface area (Å²) in [5, 5.41) is 0. The number of aryl methyl sites for hydroxylation is 1. The molecule has 0 saturated heterocycles. The van der Waals surface area contributed by atoms with Crippen molar-refractivity contribution < 1.29 is 27.6 Å². The third-order valence-electron chi connectivity index (χ3n) is 7.19. The first-order valence-corrected chi connectivity index (χ1v) is 16.1. The van der Waals surface area contributed by atoms with Gasteiger partial charge in [0.15, 0.2) is 0 Å². The number of hydrogen-bond donors (Lipinski definition) is 1. The van der Waals surface area contributed by atoms with Gasteiger partial charge in [-0.05, 0) is 87.9 Å². The van der Waals surface area contributed by atoms with Crippen LogP contribution in [0.4, 0.5) is 4.39 Å². The molecule has 1 N–H and O–H groups in total. The van der Waals surface area contributed by atoms with Crippen LogP contribution >= 0.6 is 0 Å². The number of alkyl halides is 1. The fourth-order valence-corrected chi connectivity index (χ4v) is 5.21. The van der Waals surface area contributed by atoms with Crippen LogP contribution in [-0.2, 0) is 31.7 Å². The summed E-state index contributed by atoms with van der Waals surface area (Å²) in [6.45, 7) is 16.1. The van der Waals surface area contributed by atoms with Gasteiger partial charge in [-0.1, -0.05) is 55.8 Å². The first-order valence-electron chi connectivity index (χ1n) is 15.0. The summed E-state index contributed by atoms with van der Waals surface area (Å²) in [6.07, 6.45) is 3.10. The lowest BCUT2D eigenvalue weighted by Gasteiger charge is -2.23. The van der Waals surface area contributed by atoms with Crippen LogP contribution in [0.25, 0.3) is 5.57 Å². The van der Waals surface area contributed by atoms with Gasteiger partial charge in [-0.15, -0.1) is 0 Å². The van der Waals surface area contributed by atoms with Crippen LogP contribution in [0.15, 0.2) is 59.7 Å². The molecule has 3 atom stereocenters. The van der Waals surface area contributed by atoms with Crippen molar-refractivity contribution in [2.45, 2.75) is 79.0 Å². The molecule has 0 aliphatic carbocycles. The van der Waals surface area contributed by atoms with Crippen molar-refractivity contribution in [3.63, 3.8) is 0 Å². The second-order valence-corrected chi connectivity index (χ2v) is 13.8. The molecule has 6 nitrogen and oxygen atoms in total. The minimum Gasteiger partial charge on any atom is -0.489 e. The first kappa shape index (κ1) is 36.4. The van der Waals surface area contributed by atoms with Crippen LogP contribution in [0.2, 0.25) is 0 Å². The molecule has 0 radical (unpaired) electrons. The Morgan fingerprint density at radius 3 is 2.47 bits per heavy atom. The van der Waals surface area contributed by atoms with E-state index in [1.54, 1.807) is 14.0 Å². The average molecular weight is 616 g/mol. The standard InChI is InChI=1S/C35H50FNO5S/c1-10-25(4)31(27-13-12-14-28(18-27)32(21-36)37-43(39)35(6,7)8)19-30(26(5)22-40-9)23-42-33-17-24(3)15-16-29(33)20-34(38)41-11-2/h12-19,26,32,37H,10-11,20-23H2,1-9H3/b30-19-,31-25+/t26?,32?,43-/m0/s1. The van der Waals surface area contributed by atoms with E-state index in [9.17, 15) is 13.4 Å². The van der Waals surface area contributed by atoms with Gasteiger partial charge in [0.05, 0.1) is 41.4 Å². The summed E-state index contributed by atoms with van der Waals surface area (Å²) in [4.78, 5) is 12.2. The van der Waals surface area contributed by atoms with Gasteiger partial charge in [-0.3, -0.25) is 4.79 Å². The maximum Gasteiger partial charge on any atom is 0.310 e. The van der Waals surface area contributed by atoms with Crippen LogP contribution in [0, 0.1) is 12.8 Å². The van der Waals surface area contributed by atoms with Crippen LogP contribution < -0.4 is 9.46 Å². The molecule has 0 aromatic heterocycles. The number of carbonyl (C=O) groups is 1. The summed E-state index contributed by atoms with van der Waals surface area (Å²) in [5.74, 6) is 0.392. The number of rotatable bonds is 16. The Morgan fingerprint density at radius 2 is 1.86 bits per heavy atom. The second-order valence-electron chi connectivity index (χ2n) is 11.8. The molecule has 0 fully saturated rings. The Bertz CT molecular complexity index is 1300. The predicted octanol–water partition coefficient (Wildman–Crippen LogP) is 7.63. The molecule has 2 aromatic rings. The predicted molar refractivity (Wildman–Crippen MR) is 175 cm³/mol. The van der Waals surface area contributed by atoms with E-state index in [2.05, 4.69) is 31.6 Å². The number of halogens is 1. The monoisotopic (exact) mass is 615 g/mol. The SMILES string of the molecule is CCOC(=O)Cc1ccc(C)cc1OC/C(=C/C(=C(/C)CC)c1cccc(C(CF)N[S@@](=O)C(C)(C)C)c1)C(C)COC. The minimum atomic E-state index is -1.42. The van der Waals surface area contributed by atoms with Crippen LogP contribution in [0.1, 0.15) is 83.2 Å². The summed E-state index contributed by atoms with van der Waals surface area (Å²) in [5.41, 5.74) is 6.69. The molecule has 0 saturated carbocycles. The van der Waals surface area contributed by atoms with E-state index in [1.807, 2.05) is 70.2 Å². The molecule has 0 bridgehead atoms. The van der Waals surface area contributed by atoms with E-state index < -0.39 is 28.4 Å². The zero-order chi connectivity index (χ0) is 32.2. The summed E-state index contributed by atoms with van der Waals surface area (Å²) in [6, 6.07) is 12.9. The normalized spacial score (nSPS) is 15.0. The van der Waals surface area contributed by atoms with Gasteiger partial charge in [0.2, 0.25) is 0 Å². The van der Waals surface area contributed by atoms with E-state index in [4.69, 9.17) is 14.2 Å². The molecule has 0 aliphatic rings. The lowest BCUT2D eigenvalue weighted by molar-refractivity contribution is -0.142. The highest BCUT2D eigenvalue weighted by Gasteiger charge is 2.24. The molecular weight excluding hydrogens is 565 g/mol. The number of esters is 1. The lowest BCUT2D eigenvalue weighted by Crippen LogP contribution is -2.36. The molecule has 0 aliphatic heterocycles. The Hall–Kier alpha value is -2.81. The Morgan fingerprint density at radius 1 is 1.14 bits per heavy atom. The number of nitrogens with one attached hydrogen (secondary N) is 1. The van der Waals surface area contributed by atoms with Crippen LogP contribution in [0.3, 0.4) is 0 Å². The van der Waals surface area contributed by atoms with Gasteiger partial charge < -0.3 is 14.2 Å². The molecule has 0 amide bonds. The van der Waals surface area contributed by atoms with E-state index in [0.717, 1.165) is 39.8 Å². The quantitative estimate of drug-likeness (QED) is 0.155. The number of benzene rings is 2. The van der Waals surface area contributed by atoms with Crippen molar-refractivity contribution in [3.8, 4) is 5.75 Å². The van der Waals surface area contributed by atoms with Crippen molar-refractivity contribution >= 4 is 22.5 Å². The number of carbonyl (C=O) groups excluding carboxylic acids is 1. The third kappa shape index (κ3) is 11.3. The number of hydrogen-bond acceptors (Lipinski definition) is 5. The molecule has 8 heteroatoms. The summed E-state index contributed by atoms with van der Waals surface area (Å²) >= 11 is 0. The Kier molecular flexibility index (Phi) is 14.8. The van der Waals surface area contributed by atoms with Gasteiger partial charge in [0.25, 0.3) is 0 Å². The molecule has 238 valence electrons.